The van der Waals surface area contributed by atoms with Gasteiger partial charge < -0.3 is 10.2 Å². The van der Waals surface area contributed by atoms with Crippen LogP contribution in [0.1, 0.15) is 24.0 Å². The molecule has 1 unspecified atom stereocenters. The molecular weight excluding hydrogens is 244 g/mol. The van der Waals surface area contributed by atoms with Gasteiger partial charge in [-0.3, -0.25) is 0 Å². The van der Waals surface area contributed by atoms with Crippen molar-refractivity contribution in [3.63, 3.8) is 0 Å². The van der Waals surface area contributed by atoms with Crippen LogP contribution in [0.25, 0.3) is 0 Å². The van der Waals surface area contributed by atoms with E-state index in [1.54, 1.807) is 0 Å². The lowest BCUT2D eigenvalue weighted by molar-refractivity contribution is 0.369. The monoisotopic (exact) mass is 264 g/mol. The molecule has 3 heteroatoms. The molecule has 2 saturated heterocycles. The molecule has 1 spiro atoms. The minimum Gasteiger partial charge on any atom is -0.369 e. The van der Waals surface area contributed by atoms with E-state index in [0.29, 0.717) is 5.41 Å². The predicted molar refractivity (Wildman–Crippen MR) is 77.7 cm³/mol. The molecule has 2 aliphatic rings. The Labute approximate surface area is 114 Å². The molecule has 0 aromatic heterocycles. The standard InChI is InChI=1S/C15H21ClN2/c1-11-7-12(2)14(13(16)8-11)18-6-4-15(10-18)3-5-17-9-15/h7-8,17H,3-6,9-10H2,1-2H3. The van der Waals surface area contributed by atoms with Crippen molar-refractivity contribution < 1.29 is 0 Å². The van der Waals surface area contributed by atoms with E-state index in [1.807, 2.05) is 0 Å². The van der Waals surface area contributed by atoms with E-state index in [9.17, 15) is 0 Å². The summed E-state index contributed by atoms with van der Waals surface area (Å²) in [6.45, 7) is 8.93. The van der Waals surface area contributed by atoms with Gasteiger partial charge in [0.2, 0.25) is 0 Å². The van der Waals surface area contributed by atoms with Gasteiger partial charge in [-0.1, -0.05) is 17.7 Å². The molecular formula is C15H21ClN2. The minimum absolute atomic E-state index is 0.501. The van der Waals surface area contributed by atoms with Gasteiger partial charge in [-0.05, 0) is 50.4 Å². The maximum absolute atomic E-state index is 6.45. The maximum atomic E-state index is 6.45. The zero-order valence-corrected chi connectivity index (χ0v) is 12.0. The second-order valence-corrected chi connectivity index (χ2v) is 6.42. The molecule has 18 heavy (non-hydrogen) atoms. The third-order valence-electron chi connectivity index (χ3n) is 4.48. The van der Waals surface area contributed by atoms with Crippen LogP contribution in [0.4, 0.5) is 5.69 Å². The fourth-order valence-electron chi connectivity index (χ4n) is 3.58. The van der Waals surface area contributed by atoms with E-state index in [2.05, 4.69) is 36.2 Å². The quantitative estimate of drug-likeness (QED) is 0.838. The lowest BCUT2D eigenvalue weighted by atomic mass is 9.86. The van der Waals surface area contributed by atoms with Crippen molar-refractivity contribution in [3.05, 3.63) is 28.3 Å². The summed E-state index contributed by atoms with van der Waals surface area (Å²) in [6.07, 6.45) is 2.61. The van der Waals surface area contributed by atoms with Crippen molar-refractivity contribution in [3.8, 4) is 0 Å². The van der Waals surface area contributed by atoms with Crippen molar-refractivity contribution in [2.24, 2.45) is 5.41 Å². The van der Waals surface area contributed by atoms with Crippen LogP contribution in [-0.2, 0) is 0 Å². The third kappa shape index (κ3) is 2.02. The second-order valence-electron chi connectivity index (χ2n) is 6.01. The maximum Gasteiger partial charge on any atom is 0.0644 e. The van der Waals surface area contributed by atoms with Crippen molar-refractivity contribution in [2.45, 2.75) is 26.7 Å². The highest BCUT2D eigenvalue weighted by Crippen LogP contribution is 2.41. The fraction of sp³-hybridized carbons (Fsp3) is 0.600. The molecule has 2 nitrogen and oxygen atoms in total. The van der Waals surface area contributed by atoms with Gasteiger partial charge in [-0.2, -0.15) is 0 Å². The third-order valence-corrected chi connectivity index (χ3v) is 4.77. The molecule has 0 aliphatic carbocycles. The number of rotatable bonds is 1. The zero-order chi connectivity index (χ0) is 12.8. The average Bonchev–Trinajstić information content (AvgIpc) is 2.89. The Bertz CT molecular complexity index is 441. The summed E-state index contributed by atoms with van der Waals surface area (Å²) in [6, 6.07) is 4.32. The van der Waals surface area contributed by atoms with E-state index >= 15 is 0 Å². The molecule has 1 aromatic carbocycles. The van der Waals surface area contributed by atoms with Crippen LogP contribution >= 0.6 is 11.6 Å². The summed E-state index contributed by atoms with van der Waals surface area (Å²) < 4.78 is 0. The smallest absolute Gasteiger partial charge is 0.0644 e. The van der Waals surface area contributed by atoms with Crippen LogP contribution in [0.2, 0.25) is 5.02 Å². The average molecular weight is 265 g/mol. The Balaban J connectivity index is 1.88. The number of anilines is 1. The highest BCUT2D eigenvalue weighted by atomic mass is 35.5. The van der Waals surface area contributed by atoms with Crippen molar-refractivity contribution >= 4 is 17.3 Å². The molecule has 1 N–H and O–H groups in total. The molecule has 2 heterocycles. The molecule has 0 saturated carbocycles. The molecule has 2 fully saturated rings. The van der Waals surface area contributed by atoms with Gasteiger partial charge >= 0.3 is 0 Å². The van der Waals surface area contributed by atoms with Gasteiger partial charge in [0, 0.05) is 25.0 Å². The first-order valence-corrected chi connectivity index (χ1v) is 7.20. The van der Waals surface area contributed by atoms with E-state index < -0.39 is 0 Å². The number of nitrogens with one attached hydrogen (secondary N) is 1. The molecule has 0 bridgehead atoms. The van der Waals surface area contributed by atoms with Crippen molar-refractivity contribution in [1.82, 2.24) is 5.32 Å². The summed E-state index contributed by atoms with van der Waals surface area (Å²) >= 11 is 6.45. The van der Waals surface area contributed by atoms with Crippen LogP contribution in [-0.4, -0.2) is 26.2 Å². The Morgan fingerprint density at radius 2 is 2.11 bits per heavy atom. The summed E-state index contributed by atoms with van der Waals surface area (Å²) in [4.78, 5) is 2.49. The number of aryl methyl sites for hydroxylation is 2. The number of benzene rings is 1. The number of hydrogen-bond acceptors (Lipinski definition) is 2. The van der Waals surface area contributed by atoms with E-state index in [1.165, 1.54) is 42.7 Å². The van der Waals surface area contributed by atoms with Crippen LogP contribution < -0.4 is 10.2 Å². The summed E-state index contributed by atoms with van der Waals surface area (Å²) in [5.74, 6) is 0. The highest BCUT2D eigenvalue weighted by Gasteiger charge is 2.40. The molecule has 3 rings (SSSR count). The molecule has 1 atom stereocenters. The van der Waals surface area contributed by atoms with Crippen LogP contribution in [0.15, 0.2) is 12.1 Å². The topological polar surface area (TPSA) is 15.3 Å². The number of hydrogen-bond donors (Lipinski definition) is 1. The van der Waals surface area contributed by atoms with Gasteiger partial charge in [0.25, 0.3) is 0 Å². The lowest BCUT2D eigenvalue weighted by Crippen LogP contribution is -2.29. The molecule has 0 radical (unpaired) electrons. The van der Waals surface area contributed by atoms with Crippen LogP contribution in [0.3, 0.4) is 0 Å². The second kappa shape index (κ2) is 4.43. The molecule has 2 aliphatic heterocycles. The number of halogens is 1. The van der Waals surface area contributed by atoms with Crippen LogP contribution in [0.5, 0.6) is 0 Å². The molecule has 1 aromatic rings. The Morgan fingerprint density at radius 3 is 2.78 bits per heavy atom. The Kier molecular flexibility index (Phi) is 3.03. The minimum atomic E-state index is 0.501. The Morgan fingerprint density at radius 1 is 1.28 bits per heavy atom. The van der Waals surface area contributed by atoms with Gasteiger partial charge in [-0.25, -0.2) is 0 Å². The van der Waals surface area contributed by atoms with E-state index in [0.717, 1.165) is 18.1 Å². The van der Waals surface area contributed by atoms with Crippen molar-refractivity contribution in [1.29, 1.82) is 0 Å². The van der Waals surface area contributed by atoms with Crippen LogP contribution in [0, 0.1) is 19.3 Å². The zero-order valence-electron chi connectivity index (χ0n) is 11.2. The summed E-state index contributed by atoms with van der Waals surface area (Å²) in [5, 5.41) is 4.42. The van der Waals surface area contributed by atoms with Gasteiger partial charge in [-0.15, -0.1) is 0 Å². The summed E-state index contributed by atoms with van der Waals surface area (Å²) in [5.41, 5.74) is 4.31. The molecule has 0 amide bonds. The van der Waals surface area contributed by atoms with E-state index in [-0.39, 0.29) is 0 Å². The first-order chi connectivity index (χ1) is 8.60. The van der Waals surface area contributed by atoms with Crippen molar-refractivity contribution in [2.75, 3.05) is 31.1 Å². The number of nitrogens with zero attached hydrogens (tertiary/aromatic N) is 1. The Hall–Kier alpha value is -0.730. The van der Waals surface area contributed by atoms with Gasteiger partial charge in [0.1, 0.15) is 0 Å². The first-order valence-electron chi connectivity index (χ1n) is 6.82. The molecule has 98 valence electrons. The van der Waals surface area contributed by atoms with E-state index in [4.69, 9.17) is 11.6 Å². The largest absolute Gasteiger partial charge is 0.369 e. The highest BCUT2D eigenvalue weighted by molar-refractivity contribution is 6.33. The SMILES string of the molecule is Cc1cc(C)c(N2CCC3(CCNC3)C2)c(Cl)c1. The first kappa shape index (κ1) is 12.3. The predicted octanol–water partition coefficient (Wildman–Crippen LogP) is 3.15. The fourth-order valence-corrected chi connectivity index (χ4v) is 4.02. The lowest BCUT2D eigenvalue weighted by Gasteiger charge is -2.26. The normalized spacial score (nSPS) is 27.4. The van der Waals surface area contributed by atoms with Gasteiger partial charge in [0.05, 0.1) is 10.7 Å². The summed E-state index contributed by atoms with van der Waals surface area (Å²) in [7, 11) is 0. The van der Waals surface area contributed by atoms with Gasteiger partial charge in [0.15, 0.2) is 0 Å².